The largest absolute Gasteiger partial charge is 0.394 e. The lowest BCUT2D eigenvalue weighted by Gasteiger charge is -2.45. The monoisotopic (exact) mass is 382 g/mol. The van der Waals surface area contributed by atoms with Crippen LogP contribution >= 0.6 is 0 Å². The molecule has 1 saturated heterocycles. The summed E-state index contributed by atoms with van der Waals surface area (Å²) in [6, 6.07) is 7.09. The summed E-state index contributed by atoms with van der Waals surface area (Å²) >= 11 is 0. The van der Waals surface area contributed by atoms with E-state index in [0.717, 1.165) is 37.7 Å². The van der Waals surface area contributed by atoms with E-state index in [-0.39, 0.29) is 0 Å². The number of methoxy groups -OCH3 is 1. The van der Waals surface area contributed by atoms with Crippen LogP contribution in [0.5, 0.6) is 0 Å². The summed E-state index contributed by atoms with van der Waals surface area (Å²) in [6.07, 6.45) is -0.646. The van der Waals surface area contributed by atoms with Gasteiger partial charge in [-0.2, -0.15) is 0 Å². The van der Waals surface area contributed by atoms with Crippen LogP contribution in [0.2, 0.25) is 0 Å². The highest BCUT2D eigenvalue weighted by atomic mass is 16.7. The zero-order valence-corrected chi connectivity index (χ0v) is 15.6. The minimum atomic E-state index is -2.20. The lowest BCUT2D eigenvalue weighted by atomic mass is 9.82. The number of rotatable bonds is 5. The van der Waals surface area contributed by atoms with E-state index in [1.165, 1.54) is 0 Å². The summed E-state index contributed by atoms with van der Waals surface area (Å²) in [5.41, 5.74) is 1.29. The summed E-state index contributed by atoms with van der Waals surface area (Å²) in [5, 5.41) is 50.6. The first-order valence-electron chi connectivity index (χ1n) is 9.56. The predicted octanol–water partition coefficient (Wildman–Crippen LogP) is 0.0532. The van der Waals surface area contributed by atoms with Crippen molar-refractivity contribution in [1.82, 2.24) is 0 Å². The van der Waals surface area contributed by atoms with E-state index in [2.05, 4.69) is 0 Å². The molecule has 3 rings (SSSR count). The van der Waals surface area contributed by atoms with Crippen LogP contribution in [0, 0.1) is 5.92 Å². The Balaban J connectivity index is 1.76. The third-order valence-electron chi connectivity index (χ3n) is 5.96. The lowest BCUT2D eigenvalue weighted by Crippen LogP contribution is -2.63. The number of aliphatic hydroxyl groups excluding tert-OH is 4. The van der Waals surface area contributed by atoms with Crippen LogP contribution in [0.25, 0.3) is 0 Å². The fraction of sp³-hybridized carbons (Fsp3) is 0.700. The Labute approximate surface area is 159 Å². The molecule has 0 amide bonds. The highest BCUT2D eigenvalue weighted by Gasteiger charge is 2.53. The van der Waals surface area contributed by atoms with E-state index in [1.54, 1.807) is 25.3 Å². The van der Waals surface area contributed by atoms with E-state index in [1.807, 2.05) is 6.07 Å². The van der Waals surface area contributed by atoms with Crippen molar-refractivity contribution in [3.8, 4) is 0 Å². The predicted molar refractivity (Wildman–Crippen MR) is 96.8 cm³/mol. The maximum absolute atomic E-state index is 10.9. The number of aliphatic hydroxyl groups is 5. The molecule has 0 radical (unpaired) electrons. The first-order valence-corrected chi connectivity index (χ1v) is 9.56. The van der Waals surface area contributed by atoms with Gasteiger partial charge in [0.1, 0.15) is 24.4 Å². The molecule has 7 heteroatoms. The van der Waals surface area contributed by atoms with Crippen LogP contribution in [-0.2, 0) is 21.7 Å². The quantitative estimate of drug-likeness (QED) is 0.488. The molecular formula is C20H30O7. The zero-order valence-electron chi connectivity index (χ0n) is 15.6. The van der Waals surface area contributed by atoms with Gasteiger partial charge in [0.15, 0.2) is 0 Å². The SMILES string of the molecule is COC1CCC(Cc2cccc([C@]3(O)O[C@H](CO)[C@@H](O)[C@H](O)[C@H]3O)c2)CC1. The molecule has 0 bridgehead atoms. The van der Waals surface area contributed by atoms with E-state index >= 15 is 0 Å². The van der Waals surface area contributed by atoms with Crippen molar-refractivity contribution in [3.63, 3.8) is 0 Å². The van der Waals surface area contributed by atoms with Crippen molar-refractivity contribution >= 4 is 0 Å². The van der Waals surface area contributed by atoms with Gasteiger partial charge in [-0.15, -0.1) is 0 Å². The molecule has 7 nitrogen and oxygen atoms in total. The van der Waals surface area contributed by atoms with Gasteiger partial charge in [0.25, 0.3) is 0 Å². The molecule has 1 aromatic carbocycles. The van der Waals surface area contributed by atoms with Crippen molar-refractivity contribution in [3.05, 3.63) is 35.4 Å². The van der Waals surface area contributed by atoms with Crippen LogP contribution in [0.1, 0.15) is 36.8 Å². The average Bonchev–Trinajstić information content (AvgIpc) is 2.70. The number of hydrogen-bond donors (Lipinski definition) is 5. The minimum absolute atomic E-state index is 0.294. The molecule has 0 spiro atoms. The Bertz CT molecular complexity index is 614. The summed E-state index contributed by atoms with van der Waals surface area (Å²) in [7, 11) is 1.75. The molecular weight excluding hydrogens is 352 g/mol. The second kappa shape index (κ2) is 8.53. The van der Waals surface area contributed by atoms with Crippen molar-refractivity contribution in [1.29, 1.82) is 0 Å². The molecule has 0 aromatic heterocycles. The Morgan fingerprint density at radius 2 is 1.81 bits per heavy atom. The summed E-state index contributed by atoms with van der Waals surface area (Å²) in [6.45, 7) is -0.588. The topological polar surface area (TPSA) is 120 Å². The third kappa shape index (κ3) is 4.19. The zero-order chi connectivity index (χ0) is 19.6. The maximum atomic E-state index is 10.9. The van der Waals surface area contributed by atoms with E-state index < -0.39 is 36.8 Å². The van der Waals surface area contributed by atoms with E-state index in [4.69, 9.17) is 9.47 Å². The molecule has 1 aliphatic carbocycles. The number of ether oxygens (including phenoxy) is 2. The maximum Gasteiger partial charge on any atom is 0.222 e. The molecule has 5 atom stereocenters. The normalized spacial score (nSPS) is 40.1. The number of hydrogen-bond acceptors (Lipinski definition) is 7. The first kappa shape index (κ1) is 20.7. The molecule has 152 valence electrons. The second-order valence-corrected chi connectivity index (χ2v) is 7.74. The highest BCUT2D eigenvalue weighted by molar-refractivity contribution is 5.29. The van der Waals surface area contributed by atoms with Crippen molar-refractivity contribution in [2.45, 2.75) is 68.4 Å². The van der Waals surface area contributed by atoms with Crippen LogP contribution in [0.15, 0.2) is 24.3 Å². The van der Waals surface area contributed by atoms with Gasteiger partial charge in [-0.1, -0.05) is 24.3 Å². The van der Waals surface area contributed by atoms with Gasteiger partial charge in [0.05, 0.1) is 12.7 Å². The van der Waals surface area contributed by atoms with Gasteiger partial charge in [0, 0.05) is 12.7 Å². The van der Waals surface area contributed by atoms with Crippen LogP contribution in [-0.4, -0.2) is 69.8 Å². The Morgan fingerprint density at radius 1 is 1.11 bits per heavy atom. The van der Waals surface area contributed by atoms with Crippen molar-refractivity contribution in [2.24, 2.45) is 5.92 Å². The van der Waals surface area contributed by atoms with Gasteiger partial charge in [-0.05, 0) is 43.6 Å². The van der Waals surface area contributed by atoms with E-state index in [9.17, 15) is 25.5 Å². The molecule has 1 heterocycles. The first-order chi connectivity index (χ1) is 12.9. The van der Waals surface area contributed by atoms with Crippen molar-refractivity contribution < 1.29 is 35.0 Å². The van der Waals surface area contributed by atoms with Gasteiger partial charge in [-0.25, -0.2) is 0 Å². The Morgan fingerprint density at radius 3 is 2.44 bits per heavy atom. The van der Waals surface area contributed by atoms with Gasteiger partial charge >= 0.3 is 0 Å². The standard InChI is InChI=1S/C20H30O7/c1-26-15-7-5-12(6-8-15)9-13-3-2-4-14(10-13)20(25)19(24)18(23)17(22)16(11-21)27-20/h2-4,10,12,15-19,21-25H,5-9,11H2,1H3/t12?,15?,16-,17-,18+,19-,20+/m1/s1. The third-order valence-corrected chi connectivity index (χ3v) is 5.96. The highest BCUT2D eigenvalue weighted by Crippen LogP contribution is 2.37. The summed E-state index contributed by atoms with van der Waals surface area (Å²) in [4.78, 5) is 0. The lowest BCUT2D eigenvalue weighted by molar-refractivity contribution is -0.357. The van der Waals surface area contributed by atoms with Crippen LogP contribution in [0.4, 0.5) is 0 Å². The fourth-order valence-electron chi connectivity index (χ4n) is 4.22. The molecule has 2 fully saturated rings. The van der Waals surface area contributed by atoms with Crippen LogP contribution < -0.4 is 0 Å². The molecule has 5 N–H and O–H groups in total. The minimum Gasteiger partial charge on any atom is -0.394 e. The van der Waals surface area contributed by atoms with Gasteiger partial charge in [0.2, 0.25) is 5.79 Å². The molecule has 27 heavy (non-hydrogen) atoms. The summed E-state index contributed by atoms with van der Waals surface area (Å²) in [5.74, 6) is -1.67. The molecule has 2 aliphatic rings. The fourth-order valence-corrected chi connectivity index (χ4v) is 4.22. The van der Waals surface area contributed by atoms with E-state index in [0.29, 0.717) is 17.6 Å². The molecule has 0 unspecified atom stereocenters. The van der Waals surface area contributed by atoms with Crippen LogP contribution in [0.3, 0.4) is 0 Å². The smallest absolute Gasteiger partial charge is 0.222 e. The van der Waals surface area contributed by atoms with Gasteiger partial charge in [-0.3, -0.25) is 0 Å². The Kier molecular flexibility index (Phi) is 6.53. The second-order valence-electron chi connectivity index (χ2n) is 7.74. The molecule has 1 saturated carbocycles. The van der Waals surface area contributed by atoms with Gasteiger partial charge < -0.3 is 35.0 Å². The molecule has 1 aliphatic heterocycles. The summed E-state index contributed by atoms with van der Waals surface area (Å²) < 4.78 is 10.8. The average molecular weight is 382 g/mol. The number of benzene rings is 1. The molecule has 1 aromatic rings. The van der Waals surface area contributed by atoms with Crippen molar-refractivity contribution in [2.75, 3.05) is 13.7 Å². The Hall–Kier alpha value is -1.06.